The van der Waals surface area contributed by atoms with Crippen LogP contribution in [0.15, 0.2) is 16.7 Å². The maximum Gasteiger partial charge on any atom is 0.341 e. The number of hydrogen-bond donors (Lipinski definition) is 1. The maximum atomic E-state index is 11.4. The number of nitrogens with one attached hydrogen (secondary N) is 1. The first-order valence-electron chi connectivity index (χ1n) is 5.79. The standard InChI is InChI=1S/C12H19NO3/c1-4-13(5-2)8-11-7-10(9-16-11)12(14)15-6-3/h7,9H,4-6,8H2,1-3H3/p+1. The van der Waals surface area contributed by atoms with Crippen molar-refractivity contribution in [1.82, 2.24) is 0 Å². The van der Waals surface area contributed by atoms with Crippen molar-refractivity contribution in [3.05, 3.63) is 23.7 Å². The number of carbonyl (C=O) groups excluding carboxylic acids is 1. The van der Waals surface area contributed by atoms with Crippen molar-refractivity contribution in [3.63, 3.8) is 0 Å². The van der Waals surface area contributed by atoms with Gasteiger partial charge in [0.15, 0.2) is 5.76 Å². The van der Waals surface area contributed by atoms with Gasteiger partial charge < -0.3 is 14.1 Å². The van der Waals surface area contributed by atoms with E-state index in [-0.39, 0.29) is 5.97 Å². The zero-order valence-electron chi connectivity index (χ0n) is 10.2. The molecule has 1 rings (SSSR count). The quantitative estimate of drug-likeness (QED) is 0.732. The van der Waals surface area contributed by atoms with Gasteiger partial charge in [-0.15, -0.1) is 0 Å². The first-order valence-corrected chi connectivity index (χ1v) is 5.79. The molecule has 0 fully saturated rings. The molecule has 1 heterocycles. The van der Waals surface area contributed by atoms with Crippen LogP contribution in [-0.4, -0.2) is 25.7 Å². The fourth-order valence-corrected chi connectivity index (χ4v) is 1.54. The Kier molecular flexibility index (Phi) is 5.05. The molecule has 1 aromatic rings. The fourth-order valence-electron chi connectivity index (χ4n) is 1.54. The third-order valence-corrected chi connectivity index (χ3v) is 2.59. The number of esters is 1. The highest BCUT2D eigenvalue weighted by Crippen LogP contribution is 2.08. The van der Waals surface area contributed by atoms with Gasteiger partial charge in [-0.1, -0.05) is 0 Å². The number of carbonyl (C=O) groups is 1. The first-order chi connectivity index (χ1) is 7.71. The molecule has 0 aliphatic carbocycles. The van der Waals surface area contributed by atoms with E-state index < -0.39 is 0 Å². The Hall–Kier alpha value is -1.29. The predicted molar refractivity (Wildman–Crippen MR) is 60.4 cm³/mol. The van der Waals surface area contributed by atoms with Crippen LogP contribution in [0.5, 0.6) is 0 Å². The highest BCUT2D eigenvalue weighted by atomic mass is 16.5. The highest BCUT2D eigenvalue weighted by molar-refractivity contribution is 5.89. The molecule has 4 nitrogen and oxygen atoms in total. The lowest BCUT2D eigenvalue weighted by Crippen LogP contribution is -3.10. The van der Waals surface area contributed by atoms with Crippen LogP contribution in [0.4, 0.5) is 0 Å². The van der Waals surface area contributed by atoms with Crippen LogP contribution in [0.1, 0.15) is 36.9 Å². The van der Waals surface area contributed by atoms with Gasteiger partial charge in [0.2, 0.25) is 0 Å². The molecule has 0 saturated carbocycles. The Morgan fingerprint density at radius 3 is 2.62 bits per heavy atom. The van der Waals surface area contributed by atoms with Gasteiger partial charge in [0, 0.05) is 6.07 Å². The Bertz CT molecular complexity index is 329. The summed E-state index contributed by atoms with van der Waals surface area (Å²) in [6.07, 6.45) is 1.47. The van der Waals surface area contributed by atoms with Crippen LogP contribution in [0.25, 0.3) is 0 Å². The van der Waals surface area contributed by atoms with Gasteiger partial charge in [0.1, 0.15) is 12.8 Å². The lowest BCUT2D eigenvalue weighted by atomic mass is 10.3. The molecule has 90 valence electrons. The maximum absolute atomic E-state index is 11.4. The highest BCUT2D eigenvalue weighted by Gasteiger charge is 2.13. The molecule has 1 aromatic heterocycles. The monoisotopic (exact) mass is 226 g/mol. The van der Waals surface area contributed by atoms with Gasteiger partial charge in [-0.2, -0.15) is 0 Å². The largest absolute Gasteiger partial charge is 0.462 e. The van der Waals surface area contributed by atoms with E-state index in [2.05, 4.69) is 13.8 Å². The number of furan rings is 1. The first kappa shape index (κ1) is 12.8. The zero-order chi connectivity index (χ0) is 12.0. The van der Waals surface area contributed by atoms with Crippen LogP contribution in [0.3, 0.4) is 0 Å². The van der Waals surface area contributed by atoms with E-state index in [1.807, 2.05) is 0 Å². The summed E-state index contributed by atoms with van der Waals surface area (Å²) in [5.41, 5.74) is 0.503. The molecule has 0 radical (unpaired) electrons. The van der Waals surface area contributed by atoms with Crippen molar-refractivity contribution in [2.75, 3.05) is 19.7 Å². The number of rotatable bonds is 6. The Morgan fingerprint density at radius 1 is 1.38 bits per heavy atom. The topological polar surface area (TPSA) is 43.9 Å². The van der Waals surface area contributed by atoms with Crippen LogP contribution >= 0.6 is 0 Å². The summed E-state index contributed by atoms with van der Waals surface area (Å²) in [5, 5.41) is 0. The summed E-state index contributed by atoms with van der Waals surface area (Å²) >= 11 is 0. The molecule has 0 atom stereocenters. The summed E-state index contributed by atoms with van der Waals surface area (Å²) in [5.74, 6) is 0.522. The average molecular weight is 226 g/mol. The van der Waals surface area contributed by atoms with E-state index in [9.17, 15) is 4.79 Å². The van der Waals surface area contributed by atoms with Crippen molar-refractivity contribution in [1.29, 1.82) is 0 Å². The van der Waals surface area contributed by atoms with E-state index in [4.69, 9.17) is 9.15 Å². The Labute approximate surface area is 96.2 Å². The van der Waals surface area contributed by atoms with E-state index in [1.54, 1.807) is 13.0 Å². The second-order valence-electron chi connectivity index (χ2n) is 3.66. The number of quaternary nitrogens is 1. The molecule has 16 heavy (non-hydrogen) atoms. The summed E-state index contributed by atoms with van der Waals surface area (Å²) < 4.78 is 10.2. The summed E-state index contributed by atoms with van der Waals surface area (Å²) in [4.78, 5) is 12.8. The van der Waals surface area contributed by atoms with Crippen molar-refractivity contribution in [2.24, 2.45) is 0 Å². The Balaban J connectivity index is 2.60. The fraction of sp³-hybridized carbons (Fsp3) is 0.583. The minimum Gasteiger partial charge on any atom is -0.462 e. The van der Waals surface area contributed by atoms with Crippen molar-refractivity contribution in [2.45, 2.75) is 27.3 Å². The van der Waals surface area contributed by atoms with E-state index in [0.717, 1.165) is 25.4 Å². The van der Waals surface area contributed by atoms with Crippen LogP contribution in [0.2, 0.25) is 0 Å². The van der Waals surface area contributed by atoms with Gasteiger partial charge in [-0.3, -0.25) is 0 Å². The molecule has 0 aliphatic heterocycles. The third kappa shape index (κ3) is 3.38. The van der Waals surface area contributed by atoms with Gasteiger partial charge in [0.05, 0.1) is 25.3 Å². The van der Waals surface area contributed by atoms with Gasteiger partial charge >= 0.3 is 5.97 Å². The predicted octanol–water partition coefficient (Wildman–Crippen LogP) is 0.881. The third-order valence-electron chi connectivity index (χ3n) is 2.59. The average Bonchev–Trinajstić information content (AvgIpc) is 2.74. The van der Waals surface area contributed by atoms with Crippen molar-refractivity contribution >= 4 is 5.97 Å². The van der Waals surface area contributed by atoms with E-state index >= 15 is 0 Å². The molecule has 0 unspecified atom stereocenters. The van der Waals surface area contributed by atoms with Crippen molar-refractivity contribution in [3.8, 4) is 0 Å². The molecule has 0 saturated heterocycles. The summed E-state index contributed by atoms with van der Waals surface area (Å²) in [6.45, 7) is 9.35. The lowest BCUT2D eigenvalue weighted by Gasteiger charge is -2.12. The van der Waals surface area contributed by atoms with Crippen LogP contribution in [-0.2, 0) is 11.3 Å². The van der Waals surface area contributed by atoms with Gasteiger partial charge in [0.25, 0.3) is 0 Å². The summed E-state index contributed by atoms with van der Waals surface area (Å²) in [6, 6.07) is 1.77. The molecular formula is C12H20NO3+. The Morgan fingerprint density at radius 2 is 2.06 bits per heavy atom. The van der Waals surface area contributed by atoms with E-state index in [0.29, 0.717) is 12.2 Å². The second-order valence-corrected chi connectivity index (χ2v) is 3.66. The molecule has 0 aromatic carbocycles. The molecule has 0 amide bonds. The molecule has 0 spiro atoms. The SMILES string of the molecule is CCOC(=O)c1coc(C[NH+](CC)CC)c1. The minimum absolute atomic E-state index is 0.313. The van der Waals surface area contributed by atoms with Crippen molar-refractivity contribution < 1.29 is 18.8 Å². The van der Waals surface area contributed by atoms with Gasteiger partial charge in [-0.25, -0.2) is 4.79 Å². The number of hydrogen-bond acceptors (Lipinski definition) is 3. The normalized spacial score (nSPS) is 10.8. The summed E-state index contributed by atoms with van der Waals surface area (Å²) in [7, 11) is 0. The molecule has 4 heteroatoms. The molecular weight excluding hydrogens is 206 g/mol. The van der Waals surface area contributed by atoms with Crippen LogP contribution in [0, 0.1) is 0 Å². The minimum atomic E-state index is -0.313. The number of ether oxygens (including phenoxy) is 1. The molecule has 1 N–H and O–H groups in total. The van der Waals surface area contributed by atoms with Gasteiger partial charge in [-0.05, 0) is 20.8 Å². The van der Waals surface area contributed by atoms with E-state index in [1.165, 1.54) is 11.2 Å². The molecule has 0 bridgehead atoms. The molecule has 0 aliphatic rings. The smallest absolute Gasteiger partial charge is 0.341 e. The zero-order valence-corrected chi connectivity index (χ0v) is 10.2. The van der Waals surface area contributed by atoms with Crippen LogP contribution < -0.4 is 4.90 Å². The lowest BCUT2D eigenvalue weighted by molar-refractivity contribution is -0.911. The second kappa shape index (κ2) is 6.33.